The maximum Gasteiger partial charge on any atom is 0.296 e. The Morgan fingerprint density at radius 3 is 2.29 bits per heavy atom. The van der Waals surface area contributed by atoms with E-state index in [2.05, 4.69) is 9.02 Å². The summed E-state index contributed by atoms with van der Waals surface area (Å²) in [6.07, 6.45) is 3.74. The van der Waals surface area contributed by atoms with E-state index in [1.165, 1.54) is 12.2 Å². The van der Waals surface area contributed by atoms with Crippen LogP contribution in [0.1, 0.15) is 0 Å². The molecule has 0 unspecified atom stereocenters. The summed E-state index contributed by atoms with van der Waals surface area (Å²) in [5.74, 6) is 0. The van der Waals surface area contributed by atoms with E-state index < -0.39 is 15.0 Å². The van der Waals surface area contributed by atoms with Crippen molar-refractivity contribution in [3.05, 3.63) is 23.1 Å². The van der Waals surface area contributed by atoms with Gasteiger partial charge in [-0.05, 0) is 18.2 Å². The number of allylic oxidation sites excluding steroid dienone is 4. The summed E-state index contributed by atoms with van der Waals surface area (Å²) in [7, 11) is -4.38. The van der Waals surface area contributed by atoms with Gasteiger partial charge in [0.1, 0.15) is 4.91 Å². The first-order valence-electron chi connectivity index (χ1n) is 3.24. The van der Waals surface area contributed by atoms with Crippen LogP contribution in [0.15, 0.2) is 32.2 Å². The SMILES string of the molecule is O=S(=O)(O)C1=CC(=N/Cl)/C=CC/1=N\Cl. The van der Waals surface area contributed by atoms with Crippen LogP contribution in [0.5, 0.6) is 0 Å². The zero-order valence-electron chi connectivity index (χ0n) is 6.55. The van der Waals surface area contributed by atoms with Gasteiger partial charge in [0.2, 0.25) is 0 Å². The molecule has 0 radical (unpaired) electrons. The Morgan fingerprint density at radius 2 is 1.86 bits per heavy atom. The molecule has 0 aromatic rings. The lowest BCUT2D eigenvalue weighted by Gasteiger charge is -2.06. The highest BCUT2D eigenvalue weighted by molar-refractivity contribution is 7.91. The molecule has 0 saturated carbocycles. The first-order valence-corrected chi connectivity index (χ1v) is 5.36. The lowest BCUT2D eigenvalue weighted by Crippen LogP contribution is -2.15. The molecule has 0 aromatic carbocycles. The minimum absolute atomic E-state index is 0.0711. The summed E-state index contributed by atoms with van der Waals surface area (Å²) in [6.45, 7) is 0. The molecule has 0 fully saturated rings. The fourth-order valence-electron chi connectivity index (χ4n) is 0.832. The average Bonchev–Trinajstić information content (AvgIpc) is 2.15. The summed E-state index contributed by atoms with van der Waals surface area (Å²) in [5, 5.41) is 0. The molecule has 0 atom stereocenters. The van der Waals surface area contributed by atoms with Crippen molar-refractivity contribution in [1.29, 1.82) is 0 Å². The Kier molecular flexibility index (Phi) is 3.43. The van der Waals surface area contributed by atoms with Crippen molar-refractivity contribution >= 4 is 45.1 Å². The van der Waals surface area contributed by atoms with Crippen LogP contribution in [0.2, 0.25) is 0 Å². The van der Waals surface area contributed by atoms with Crippen LogP contribution in [0.3, 0.4) is 0 Å². The zero-order chi connectivity index (χ0) is 10.8. The van der Waals surface area contributed by atoms with Crippen molar-refractivity contribution in [1.82, 2.24) is 0 Å². The normalized spacial score (nSPS) is 22.9. The van der Waals surface area contributed by atoms with Crippen LogP contribution < -0.4 is 0 Å². The molecule has 0 heterocycles. The summed E-state index contributed by atoms with van der Waals surface area (Å²) in [5.41, 5.74) is 0.113. The zero-order valence-corrected chi connectivity index (χ0v) is 8.88. The highest BCUT2D eigenvalue weighted by Crippen LogP contribution is 2.14. The lowest BCUT2D eigenvalue weighted by atomic mass is 10.1. The van der Waals surface area contributed by atoms with Gasteiger partial charge in [-0.1, -0.05) is 0 Å². The topological polar surface area (TPSA) is 79.1 Å². The van der Waals surface area contributed by atoms with Crippen molar-refractivity contribution in [3.8, 4) is 0 Å². The van der Waals surface area contributed by atoms with E-state index in [1.54, 1.807) is 0 Å². The minimum Gasteiger partial charge on any atom is -0.282 e. The molecule has 76 valence electrons. The molecule has 14 heavy (non-hydrogen) atoms. The Labute approximate surface area is 90.4 Å². The maximum atomic E-state index is 10.8. The molecule has 1 aliphatic carbocycles. The first kappa shape index (κ1) is 11.4. The van der Waals surface area contributed by atoms with Gasteiger partial charge in [-0.2, -0.15) is 17.4 Å². The second-order valence-corrected chi connectivity index (χ2v) is 4.02. The smallest absolute Gasteiger partial charge is 0.282 e. The standard InChI is InChI=1S/C6H4Cl2N2O3S/c7-9-4-1-2-5(10-8)6(3-4)14(11,12)13/h1-3H,(H,11,12,13)/b9-4+,10-5+. The summed E-state index contributed by atoms with van der Waals surface area (Å²) < 4.78 is 36.8. The minimum atomic E-state index is -4.38. The Balaban J connectivity index is 3.31. The summed E-state index contributed by atoms with van der Waals surface area (Å²) >= 11 is 10.2. The quantitative estimate of drug-likeness (QED) is 0.569. The molecule has 0 spiro atoms. The van der Waals surface area contributed by atoms with Crippen LogP contribution >= 0.6 is 23.6 Å². The third kappa shape index (κ3) is 2.42. The fraction of sp³-hybridized carbons (Fsp3) is 0. The van der Waals surface area contributed by atoms with Crippen LogP contribution in [-0.4, -0.2) is 24.4 Å². The molecule has 1 rings (SSSR count). The van der Waals surface area contributed by atoms with E-state index in [0.29, 0.717) is 0 Å². The second-order valence-electron chi connectivity index (χ2n) is 2.30. The molecule has 0 saturated heterocycles. The van der Waals surface area contributed by atoms with Crippen molar-refractivity contribution in [2.24, 2.45) is 9.02 Å². The molecule has 0 aromatic heterocycles. The molecule has 1 aliphatic rings. The largest absolute Gasteiger partial charge is 0.296 e. The predicted octanol–water partition coefficient (Wildman–Crippen LogP) is 1.52. The molecule has 0 bridgehead atoms. The lowest BCUT2D eigenvalue weighted by molar-refractivity contribution is 0.493. The van der Waals surface area contributed by atoms with Crippen LogP contribution in [0.4, 0.5) is 0 Å². The highest BCUT2D eigenvalue weighted by atomic mass is 35.5. The van der Waals surface area contributed by atoms with Gasteiger partial charge >= 0.3 is 0 Å². The Hall–Kier alpha value is -0.690. The molecule has 0 aliphatic heterocycles. The summed E-state index contributed by atoms with van der Waals surface area (Å²) in [4.78, 5) is -0.436. The molecular weight excluding hydrogens is 251 g/mol. The van der Waals surface area contributed by atoms with E-state index in [0.717, 1.165) is 6.08 Å². The van der Waals surface area contributed by atoms with Gasteiger partial charge in [0.15, 0.2) is 0 Å². The highest BCUT2D eigenvalue weighted by Gasteiger charge is 2.22. The van der Waals surface area contributed by atoms with Gasteiger partial charge < -0.3 is 0 Å². The monoisotopic (exact) mass is 254 g/mol. The van der Waals surface area contributed by atoms with Crippen molar-refractivity contribution in [3.63, 3.8) is 0 Å². The van der Waals surface area contributed by atoms with E-state index in [1.807, 2.05) is 0 Å². The first-order chi connectivity index (χ1) is 6.49. The maximum absolute atomic E-state index is 10.8. The molecule has 5 nitrogen and oxygen atoms in total. The Morgan fingerprint density at radius 1 is 1.21 bits per heavy atom. The van der Waals surface area contributed by atoms with Gasteiger partial charge in [-0.15, -0.1) is 0 Å². The molecule has 8 heteroatoms. The number of halogens is 2. The number of nitrogens with zero attached hydrogens (tertiary/aromatic N) is 2. The Bertz CT molecular complexity index is 461. The van der Waals surface area contributed by atoms with Crippen molar-refractivity contribution in [2.45, 2.75) is 0 Å². The molecule has 0 amide bonds. The van der Waals surface area contributed by atoms with Gasteiger partial charge in [-0.25, -0.2) is 0 Å². The van der Waals surface area contributed by atoms with E-state index in [4.69, 9.17) is 28.1 Å². The van der Waals surface area contributed by atoms with E-state index in [9.17, 15) is 8.42 Å². The number of hydrogen-bond acceptors (Lipinski definition) is 4. The van der Waals surface area contributed by atoms with Gasteiger partial charge in [-0.3, -0.25) is 4.55 Å². The van der Waals surface area contributed by atoms with E-state index in [-0.39, 0.29) is 11.4 Å². The molecule has 1 N–H and O–H groups in total. The number of rotatable bonds is 1. The van der Waals surface area contributed by atoms with Gasteiger partial charge in [0.05, 0.1) is 11.4 Å². The third-order valence-electron chi connectivity index (χ3n) is 1.41. The molecular formula is C6H4Cl2N2O3S. The van der Waals surface area contributed by atoms with Crippen molar-refractivity contribution in [2.75, 3.05) is 0 Å². The van der Waals surface area contributed by atoms with Crippen LogP contribution in [-0.2, 0) is 10.1 Å². The summed E-state index contributed by atoms with van der Waals surface area (Å²) in [6, 6.07) is 0. The number of hydrogen-bond donors (Lipinski definition) is 1. The van der Waals surface area contributed by atoms with Gasteiger partial charge in [0, 0.05) is 23.6 Å². The third-order valence-corrected chi connectivity index (χ3v) is 2.67. The van der Waals surface area contributed by atoms with Crippen LogP contribution in [0, 0.1) is 0 Å². The van der Waals surface area contributed by atoms with Crippen molar-refractivity contribution < 1.29 is 13.0 Å². The van der Waals surface area contributed by atoms with Crippen LogP contribution in [0.25, 0.3) is 0 Å². The van der Waals surface area contributed by atoms with E-state index >= 15 is 0 Å². The average molecular weight is 255 g/mol. The predicted molar refractivity (Wildman–Crippen MR) is 55.3 cm³/mol. The van der Waals surface area contributed by atoms with Gasteiger partial charge in [0.25, 0.3) is 10.1 Å². The fourth-order valence-corrected chi connectivity index (χ4v) is 1.78. The second kappa shape index (κ2) is 4.22.